The van der Waals surface area contributed by atoms with Gasteiger partial charge in [0.25, 0.3) is 5.56 Å². The van der Waals surface area contributed by atoms with Crippen molar-refractivity contribution in [3.63, 3.8) is 0 Å². The van der Waals surface area contributed by atoms with Crippen molar-refractivity contribution in [1.82, 2.24) is 19.2 Å². The number of benzene rings is 2. The first kappa shape index (κ1) is 24.8. The second-order valence-electron chi connectivity index (χ2n) is 8.68. The van der Waals surface area contributed by atoms with Gasteiger partial charge in [-0.1, -0.05) is 24.3 Å². The fourth-order valence-electron chi connectivity index (χ4n) is 4.36. The molecular weight excluding hydrogens is 484 g/mol. The average Bonchev–Trinajstić information content (AvgIpc) is 3.32. The van der Waals surface area contributed by atoms with Gasteiger partial charge in [-0.05, 0) is 61.9 Å². The number of methoxy groups -OCH3 is 2. The maximum atomic E-state index is 13.7. The first-order valence-corrected chi connectivity index (χ1v) is 11.9. The number of nitrogens with zero attached hydrogens (tertiary/aromatic N) is 4. The van der Waals surface area contributed by atoms with Gasteiger partial charge in [0, 0.05) is 11.9 Å². The van der Waals surface area contributed by atoms with Crippen LogP contribution in [0, 0.1) is 13.8 Å². The summed E-state index contributed by atoms with van der Waals surface area (Å²) in [6, 6.07) is 19.9. The van der Waals surface area contributed by atoms with Gasteiger partial charge in [0.05, 0.1) is 31.0 Å². The van der Waals surface area contributed by atoms with Crippen LogP contribution in [0.3, 0.4) is 0 Å². The van der Waals surface area contributed by atoms with E-state index in [-0.39, 0.29) is 12.2 Å². The molecule has 5 aromatic rings. The molecule has 9 heteroatoms. The van der Waals surface area contributed by atoms with Crippen LogP contribution in [0.15, 0.2) is 77.7 Å². The molecular formula is C29H26N4O5. The number of rotatable bonds is 7. The fraction of sp³-hybridized carbons (Fsp3) is 0.172. The van der Waals surface area contributed by atoms with Gasteiger partial charge >= 0.3 is 5.97 Å². The van der Waals surface area contributed by atoms with Crippen LogP contribution in [0.4, 0.5) is 0 Å². The molecule has 0 aliphatic heterocycles. The number of aryl methyl sites for hydroxylation is 2. The summed E-state index contributed by atoms with van der Waals surface area (Å²) >= 11 is 0. The molecule has 0 spiro atoms. The summed E-state index contributed by atoms with van der Waals surface area (Å²) in [6.45, 7) is 3.89. The Morgan fingerprint density at radius 2 is 1.74 bits per heavy atom. The quantitative estimate of drug-likeness (QED) is 0.297. The molecule has 0 fully saturated rings. The minimum absolute atomic E-state index is 0.184. The number of aromatic nitrogens is 4. The van der Waals surface area contributed by atoms with E-state index in [1.807, 2.05) is 43.3 Å². The van der Waals surface area contributed by atoms with Gasteiger partial charge < -0.3 is 14.2 Å². The van der Waals surface area contributed by atoms with Gasteiger partial charge in [-0.3, -0.25) is 9.20 Å². The smallest absolute Gasteiger partial charge is 0.337 e. The van der Waals surface area contributed by atoms with E-state index in [4.69, 9.17) is 24.3 Å². The number of pyridine rings is 1. The van der Waals surface area contributed by atoms with Gasteiger partial charge in [-0.2, -0.15) is 5.10 Å². The lowest BCUT2D eigenvalue weighted by atomic mass is 10.1. The molecule has 3 aromatic heterocycles. The normalized spacial score (nSPS) is 10.9. The Hall–Kier alpha value is -4.92. The number of carbonyl (C=O) groups is 1. The topological polar surface area (TPSA) is 97.0 Å². The molecule has 0 aliphatic carbocycles. The van der Waals surface area contributed by atoms with Crippen molar-refractivity contribution < 1.29 is 19.0 Å². The molecule has 0 saturated heterocycles. The minimum Gasteiger partial charge on any atom is -0.494 e. The molecule has 0 bridgehead atoms. The van der Waals surface area contributed by atoms with Gasteiger partial charge in [-0.15, -0.1) is 0 Å². The predicted octanol–water partition coefficient (Wildman–Crippen LogP) is 4.54. The molecule has 0 atom stereocenters. The molecule has 38 heavy (non-hydrogen) atoms. The van der Waals surface area contributed by atoms with Crippen LogP contribution in [0.2, 0.25) is 0 Å². The van der Waals surface area contributed by atoms with E-state index in [1.54, 1.807) is 55.2 Å². The summed E-state index contributed by atoms with van der Waals surface area (Å²) in [5.74, 6) is 0.699. The number of hydrogen-bond donors (Lipinski definition) is 0. The van der Waals surface area contributed by atoms with Crippen molar-refractivity contribution in [2.45, 2.75) is 20.5 Å². The highest BCUT2D eigenvalue weighted by molar-refractivity contribution is 5.89. The number of hydrogen-bond acceptors (Lipinski definition) is 7. The van der Waals surface area contributed by atoms with Crippen molar-refractivity contribution >= 4 is 11.6 Å². The van der Waals surface area contributed by atoms with E-state index in [2.05, 4.69) is 0 Å². The van der Waals surface area contributed by atoms with Crippen molar-refractivity contribution in [2.24, 2.45) is 0 Å². The molecule has 9 nitrogen and oxygen atoms in total. The Balaban J connectivity index is 1.51. The third kappa shape index (κ3) is 4.50. The zero-order valence-electron chi connectivity index (χ0n) is 21.5. The molecule has 0 N–H and O–H groups in total. The van der Waals surface area contributed by atoms with Gasteiger partial charge in [0.15, 0.2) is 11.4 Å². The average molecular weight is 511 g/mol. The van der Waals surface area contributed by atoms with Crippen LogP contribution in [-0.2, 0) is 11.3 Å². The SMILES string of the molecule is COC(=O)c1cccc(COc2cccn3c(=O)c(-c4cc(C)n(-c5ccccc5OC)n4)c(C)nc23)c1. The minimum atomic E-state index is -0.420. The first-order valence-electron chi connectivity index (χ1n) is 11.9. The van der Waals surface area contributed by atoms with Crippen LogP contribution >= 0.6 is 0 Å². The van der Waals surface area contributed by atoms with Crippen LogP contribution in [0.25, 0.3) is 22.6 Å². The molecule has 3 heterocycles. The summed E-state index contributed by atoms with van der Waals surface area (Å²) in [5, 5.41) is 4.73. The van der Waals surface area contributed by atoms with Crippen molar-refractivity contribution in [1.29, 1.82) is 0 Å². The standard InChI is InChI=1S/C29H26N4O5/c1-18-15-22(31-33(18)23-11-5-6-12-24(23)36-3)26-19(2)30-27-25(13-8-14-32(27)28(26)34)38-17-20-9-7-10-21(16-20)29(35)37-4/h5-16H,17H2,1-4H3. The van der Waals surface area contributed by atoms with Crippen molar-refractivity contribution in [3.8, 4) is 28.4 Å². The maximum Gasteiger partial charge on any atom is 0.337 e. The van der Waals surface area contributed by atoms with E-state index < -0.39 is 5.97 Å². The third-order valence-corrected chi connectivity index (χ3v) is 6.20. The zero-order chi connectivity index (χ0) is 26.8. The van der Waals surface area contributed by atoms with E-state index >= 15 is 0 Å². The molecule has 0 amide bonds. The monoisotopic (exact) mass is 510 g/mol. The fourth-order valence-corrected chi connectivity index (χ4v) is 4.36. The van der Waals surface area contributed by atoms with Gasteiger partial charge in [0.1, 0.15) is 23.7 Å². The molecule has 0 unspecified atom stereocenters. The second kappa shape index (κ2) is 10.2. The summed E-state index contributed by atoms with van der Waals surface area (Å²) in [6.07, 6.45) is 1.66. The predicted molar refractivity (Wildman–Crippen MR) is 142 cm³/mol. The number of fused-ring (bicyclic) bond motifs is 1. The molecule has 0 aliphatic rings. The van der Waals surface area contributed by atoms with E-state index in [0.29, 0.717) is 39.7 Å². The Morgan fingerprint density at radius 3 is 2.53 bits per heavy atom. The highest BCUT2D eigenvalue weighted by Gasteiger charge is 2.19. The lowest BCUT2D eigenvalue weighted by Crippen LogP contribution is -2.19. The highest BCUT2D eigenvalue weighted by atomic mass is 16.5. The van der Waals surface area contributed by atoms with E-state index in [9.17, 15) is 9.59 Å². The van der Waals surface area contributed by atoms with Crippen molar-refractivity contribution in [3.05, 3.63) is 106 Å². The first-order chi connectivity index (χ1) is 18.4. The number of para-hydroxylation sites is 2. The summed E-state index contributed by atoms with van der Waals surface area (Å²) in [5.41, 5.74) is 4.43. The molecule has 192 valence electrons. The molecule has 5 rings (SSSR count). The molecule has 0 saturated carbocycles. The van der Waals surface area contributed by atoms with E-state index in [0.717, 1.165) is 16.9 Å². The summed E-state index contributed by atoms with van der Waals surface area (Å²) < 4.78 is 19.5. The van der Waals surface area contributed by atoms with Crippen LogP contribution in [0.1, 0.15) is 27.3 Å². The largest absolute Gasteiger partial charge is 0.494 e. The Kier molecular flexibility index (Phi) is 6.66. The van der Waals surface area contributed by atoms with E-state index in [1.165, 1.54) is 11.5 Å². The van der Waals surface area contributed by atoms with Crippen LogP contribution in [0.5, 0.6) is 11.5 Å². The van der Waals surface area contributed by atoms with Crippen LogP contribution < -0.4 is 15.0 Å². The highest BCUT2D eigenvalue weighted by Crippen LogP contribution is 2.27. The Labute approximate surface area is 218 Å². The lowest BCUT2D eigenvalue weighted by Gasteiger charge is -2.12. The second-order valence-corrected chi connectivity index (χ2v) is 8.68. The number of carbonyl (C=O) groups excluding carboxylic acids is 1. The maximum absolute atomic E-state index is 13.7. The number of esters is 1. The summed E-state index contributed by atoms with van der Waals surface area (Å²) in [4.78, 5) is 30.2. The lowest BCUT2D eigenvalue weighted by molar-refractivity contribution is 0.0600. The Bertz CT molecular complexity index is 1720. The van der Waals surface area contributed by atoms with Crippen molar-refractivity contribution in [2.75, 3.05) is 14.2 Å². The molecule has 2 aromatic carbocycles. The molecule has 0 radical (unpaired) electrons. The Morgan fingerprint density at radius 1 is 0.947 bits per heavy atom. The van der Waals surface area contributed by atoms with Crippen LogP contribution in [-0.4, -0.2) is 39.4 Å². The van der Waals surface area contributed by atoms with Gasteiger partial charge in [-0.25, -0.2) is 14.5 Å². The summed E-state index contributed by atoms with van der Waals surface area (Å²) in [7, 11) is 2.95. The third-order valence-electron chi connectivity index (χ3n) is 6.20. The van der Waals surface area contributed by atoms with Gasteiger partial charge in [0.2, 0.25) is 0 Å². The zero-order valence-corrected chi connectivity index (χ0v) is 21.5. The number of ether oxygens (including phenoxy) is 3.